The van der Waals surface area contributed by atoms with Crippen molar-refractivity contribution < 1.29 is 4.79 Å². The Bertz CT molecular complexity index is 642. The molecule has 0 saturated carbocycles. The minimum absolute atomic E-state index is 0.484. The van der Waals surface area contributed by atoms with Gasteiger partial charge in [0.15, 0.2) is 0 Å². The largest absolute Gasteiger partial charge is 0.322 e. The summed E-state index contributed by atoms with van der Waals surface area (Å²) in [5.41, 5.74) is 0.821. The average Bonchev–Trinajstić information content (AvgIpc) is 2.60. The summed E-state index contributed by atoms with van der Waals surface area (Å²) in [6, 6.07) is 7.67. The fraction of sp³-hybridized carbons (Fsp3) is 0.526. The second-order valence-electron chi connectivity index (χ2n) is 6.09. The topological polar surface area (TPSA) is 46.1 Å². The Kier molecular flexibility index (Phi) is 7.96. The Hall–Kier alpha value is -1.68. The summed E-state index contributed by atoms with van der Waals surface area (Å²) in [4.78, 5) is 21.9. The van der Waals surface area contributed by atoms with Crippen molar-refractivity contribution in [1.29, 1.82) is 0 Å². The molecule has 1 heterocycles. The first-order chi connectivity index (χ1) is 11.7. The van der Waals surface area contributed by atoms with Gasteiger partial charge < -0.3 is 0 Å². The zero-order chi connectivity index (χ0) is 17.2. The van der Waals surface area contributed by atoms with E-state index in [1.54, 1.807) is 4.90 Å². The van der Waals surface area contributed by atoms with Crippen LogP contribution in [-0.2, 0) is 0 Å². The molecule has 2 rings (SSSR count). The van der Waals surface area contributed by atoms with E-state index in [4.69, 9.17) is 11.6 Å². The SMILES string of the molecule is CCCCCCCCCCN(C(=O)Cl)c1ncnc2ccccc12. The standard InChI is InChI=1S/C19H26ClN3O/c1-2-3-4-5-6-7-8-11-14-23(19(20)24)18-16-12-9-10-13-17(16)21-15-22-18/h9-10,12-13,15H,2-8,11,14H2,1H3. The third-order valence-corrected chi connectivity index (χ3v) is 4.43. The number of aromatic nitrogens is 2. The number of benzene rings is 1. The van der Waals surface area contributed by atoms with Crippen LogP contribution >= 0.6 is 11.6 Å². The molecule has 0 fully saturated rings. The lowest BCUT2D eigenvalue weighted by Gasteiger charge is -2.20. The first kappa shape index (κ1) is 18.7. The van der Waals surface area contributed by atoms with Crippen LogP contribution in [0.5, 0.6) is 0 Å². The minimum Gasteiger partial charge on any atom is -0.282 e. The van der Waals surface area contributed by atoms with Crippen molar-refractivity contribution in [1.82, 2.24) is 9.97 Å². The molecule has 4 nitrogen and oxygen atoms in total. The first-order valence-electron chi connectivity index (χ1n) is 8.90. The van der Waals surface area contributed by atoms with Crippen LogP contribution in [0, 0.1) is 0 Å². The summed E-state index contributed by atoms with van der Waals surface area (Å²) in [5.74, 6) is 0.601. The molecule has 130 valence electrons. The van der Waals surface area contributed by atoms with Gasteiger partial charge in [0, 0.05) is 11.9 Å². The van der Waals surface area contributed by atoms with Crippen molar-refractivity contribution in [2.45, 2.75) is 58.3 Å². The minimum atomic E-state index is -0.484. The maximum absolute atomic E-state index is 11.9. The predicted octanol–water partition coefficient (Wildman–Crippen LogP) is 5.94. The monoisotopic (exact) mass is 347 g/mol. The lowest BCUT2D eigenvalue weighted by atomic mass is 10.1. The van der Waals surface area contributed by atoms with Gasteiger partial charge in [0.25, 0.3) is 0 Å². The molecule has 0 aliphatic carbocycles. The highest BCUT2D eigenvalue weighted by Crippen LogP contribution is 2.24. The number of carbonyl (C=O) groups excluding carboxylic acids is 1. The molecule has 5 heteroatoms. The van der Waals surface area contributed by atoms with Crippen molar-refractivity contribution in [2.24, 2.45) is 0 Å². The summed E-state index contributed by atoms with van der Waals surface area (Å²) in [6.07, 6.45) is 11.2. The second kappa shape index (κ2) is 10.2. The van der Waals surface area contributed by atoms with Gasteiger partial charge in [-0.3, -0.25) is 9.69 Å². The molecule has 0 unspecified atom stereocenters. The number of amides is 1. The van der Waals surface area contributed by atoms with Crippen molar-refractivity contribution in [3.05, 3.63) is 30.6 Å². The van der Waals surface area contributed by atoms with E-state index in [-0.39, 0.29) is 0 Å². The highest BCUT2D eigenvalue weighted by atomic mass is 35.5. The van der Waals surface area contributed by atoms with Crippen LogP contribution in [0.15, 0.2) is 30.6 Å². The number of para-hydroxylation sites is 1. The van der Waals surface area contributed by atoms with Gasteiger partial charge in [-0.15, -0.1) is 0 Å². The van der Waals surface area contributed by atoms with Crippen molar-refractivity contribution >= 4 is 33.7 Å². The molecule has 0 spiro atoms. The molecule has 1 aromatic carbocycles. The van der Waals surface area contributed by atoms with E-state index in [2.05, 4.69) is 16.9 Å². The van der Waals surface area contributed by atoms with Crippen LogP contribution in [0.2, 0.25) is 0 Å². The number of unbranched alkanes of at least 4 members (excludes halogenated alkanes) is 7. The normalized spacial score (nSPS) is 10.9. The molecule has 0 saturated heterocycles. The fourth-order valence-electron chi connectivity index (χ4n) is 2.89. The third kappa shape index (κ3) is 5.45. The van der Waals surface area contributed by atoms with E-state index >= 15 is 0 Å². The maximum Gasteiger partial charge on any atom is 0.322 e. The summed E-state index contributed by atoms with van der Waals surface area (Å²) >= 11 is 5.80. The van der Waals surface area contributed by atoms with Crippen molar-refractivity contribution in [2.75, 3.05) is 11.4 Å². The van der Waals surface area contributed by atoms with E-state index < -0.39 is 5.37 Å². The molecule has 0 radical (unpaired) electrons. The molecule has 2 aromatic rings. The van der Waals surface area contributed by atoms with E-state index in [9.17, 15) is 4.79 Å². The Morgan fingerprint density at radius 1 is 1.00 bits per heavy atom. The number of hydrogen-bond donors (Lipinski definition) is 0. The Balaban J connectivity index is 1.89. The molecular formula is C19H26ClN3O. The molecule has 0 aliphatic rings. The third-order valence-electron chi connectivity index (χ3n) is 4.22. The fourth-order valence-corrected chi connectivity index (χ4v) is 3.05. The van der Waals surface area contributed by atoms with Gasteiger partial charge >= 0.3 is 5.37 Å². The van der Waals surface area contributed by atoms with E-state index in [0.29, 0.717) is 12.4 Å². The average molecular weight is 348 g/mol. The Labute approximate surface area is 149 Å². The van der Waals surface area contributed by atoms with Gasteiger partial charge in [-0.05, 0) is 30.2 Å². The number of carbonyl (C=O) groups is 1. The van der Waals surface area contributed by atoms with Crippen molar-refractivity contribution in [3.8, 4) is 0 Å². The zero-order valence-electron chi connectivity index (χ0n) is 14.4. The van der Waals surface area contributed by atoms with Crippen LogP contribution in [0.1, 0.15) is 58.3 Å². The lowest BCUT2D eigenvalue weighted by Crippen LogP contribution is -2.28. The van der Waals surface area contributed by atoms with Gasteiger partial charge in [0.2, 0.25) is 0 Å². The van der Waals surface area contributed by atoms with E-state index in [0.717, 1.165) is 23.7 Å². The van der Waals surface area contributed by atoms with Gasteiger partial charge in [-0.2, -0.15) is 0 Å². The van der Waals surface area contributed by atoms with E-state index in [1.807, 2.05) is 24.3 Å². The Morgan fingerprint density at radius 2 is 1.67 bits per heavy atom. The number of anilines is 1. The van der Waals surface area contributed by atoms with Crippen molar-refractivity contribution in [3.63, 3.8) is 0 Å². The quantitative estimate of drug-likeness (QED) is 0.303. The molecule has 0 aliphatic heterocycles. The number of rotatable bonds is 10. The first-order valence-corrected chi connectivity index (χ1v) is 9.28. The molecule has 1 amide bonds. The molecule has 0 N–H and O–H groups in total. The van der Waals surface area contributed by atoms with Crippen LogP contribution in [0.25, 0.3) is 10.9 Å². The number of hydrogen-bond acceptors (Lipinski definition) is 3. The second-order valence-corrected chi connectivity index (χ2v) is 6.42. The summed E-state index contributed by atoms with van der Waals surface area (Å²) in [6.45, 7) is 2.83. The highest BCUT2D eigenvalue weighted by Gasteiger charge is 2.17. The lowest BCUT2D eigenvalue weighted by molar-refractivity contribution is 0.264. The summed E-state index contributed by atoms with van der Waals surface area (Å²) in [7, 11) is 0. The molecular weight excluding hydrogens is 322 g/mol. The van der Waals surface area contributed by atoms with Crippen LogP contribution < -0.4 is 4.90 Å². The Morgan fingerprint density at radius 3 is 2.38 bits per heavy atom. The van der Waals surface area contributed by atoms with Crippen LogP contribution in [0.4, 0.5) is 10.6 Å². The molecule has 0 atom stereocenters. The predicted molar refractivity (Wildman–Crippen MR) is 101 cm³/mol. The smallest absolute Gasteiger partial charge is 0.282 e. The van der Waals surface area contributed by atoms with Gasteiger partial charge in [0.05, 0.1) is 5.52 Å². The molecule has 0 bridgehead atoms. The highest BCUT2D eigenvalue weighted by molar-refractivity contribution is 6.66. The number of halogens is 1. The number of fused-ring (bicyclic) bond motifs is 1. The van der Waals surface area contributed by atoms with E-state index in [1.165, 1.54) is 44.9 Å². The zero-order valence-corrected chi connectivity index (χ0v) is 15.1. The van der Waals surface area contributed by atoms with Crippen LogP contribution in [-0.4, -0.2) is 21.9 Å². The number of nitrogens with zero attached hydrogens (tertiary/aromatic N) is 3. The van der Waals surface area contributed by atoms with Gasteiger partial charge in [-0.1, -0.05) is 64.0 Å². The van der Waals surface area contributed by atoms with Crippen LogP contribution in [0.3, 0.4) is 0 Å². The molecule has 1 aromatic heterocycles. The van der Waals surface area contributed by atoms with Gasteiger partial charge in [0.1, 0.15) is 12.1 Å². The summed E-state index contributed by atoms with van der Waals surface area (Å²) in [5, 5.41) is 0.371. The molecule has 24 heavy (non-hydrogen) atoms. The van der Waals surface area contributed by atoms with Gasteiger partial charge in [-0.25, -0.2) is 9.97 Å². The summed E-state index contributed by atoms with van der Waals surface area (Å²) < 4.78 is 0. The maximum atomic E-state index is 11.9.